The fourth-order valence-electron chi connectivity index (χ4n) is 2.95. The van der Waals surface area contributed by atoms with Crippen molar-refractivity contribution in [3.8, 4) is 0 Å². The highest BCUT2D eigenvalue weighted by Crippen LogP contribution is 2.26. The van der Waals surface area contributed by atoms with Crippen molar-refractivity contribution in [3.63, 3.8) is 0 Å². The molecule has 0 aliphatic heterocycles. The summed E-state index contributed by atoms with van der Waals surface area (Å²) in [6.45, 7) is 1.19. The molecule has 0 atom stereocenters. The van der Waals surface area contributed by atoms with Crippen molar-refractivity contribution in [1.29, 1.82) is 0 Å². The molecule has 0 bridgehead atoms. The van der Waals surface area contributed by atoms with Crippen LogP contribution in [0.2, 0.25) is 0 Å². The van der Waals surface area contributed by atoms with Crippen molar-refractivity contribution in [3.05, 3.63) is 35.4 Å². The van der Waals surface area contributed by atoms with Gasteiger partial charge >= 0.3 is 0 Å². The van der Waals surface area contributed by atoms with Crippen LogP contribution in [-0.4, -0.2) is 13.0 Å². The number of carbonyl (C=O) groups excluding carboxylic acids is 1. The van der Waals surface area contributed by atoms with Crippen LogP contribution in [0.1, 0.15) is 49.7 Å². The molecular formula is C17H25NO2. The number of rotatable bonds is 6. The van der Waals surface area contributed by atoms with Crippen molar-refractivity contribution < 1.29 is 9.53 Å². The lowest BCUT2D eigenvalue weighted by Crippen LogP contribution is -2.26. The molecule has 0 unspecified atom stereocenters. The van der Waals surface area contributed by atoms with E-state index in [0.717, 1.165) is 11.1 Å². The number of carbonyl (C=O) groups is 1. The first kappa shape index (κ1) is 15.0. The predicted octanol–water partition coefficient (Wildman–Crippen LogP) is 3.42. The molecule has 1 N–H and O–H groups in total. The van der Waals surface area contributed by atoms with Gasteiger partial charge in [-0.2, -0.15) is 0 Å². The summed E-state index contributed by atoms with van der Waals surface area (Å²) in [5.41, 5.74) is 2.29. The highest BCUT2D eigenvalue weighted by Gasteiger charge is 2.16. The molecule has 1 fully saturated rings. The number of benzene rings is 1. The molecule has 0 radical (unpaired) electrons. The molecule has 20 heavy (non-hydrogen) atoms. The van der Waals surface area contributed by atoms with E-state index in [1.807, 2.05) is 18.2 Å². The van der Waals surface area contributed by atoms with Gasteiger partial charge in [-0.1, -0.05) is 43.5 Å². The zero-order chi connectivity index (χ0) is 14.2. The Bertz CT molecular complexity index is 425. The molecule has 1 aromatic carbocycles. The van der Waals surface area contributed by atoms with Crippen molar-refractivity contribution >= 4 is 5.91 Å². The lowest BCUT2D eigenvalue weighted by molar-refractivity contribution is -0.122. The molecule has 1 aromatic rings. The summed E-state index contributed by atoms with van der Waals surface area (Å²) in [5.74, 6) is 0.780. The van der Waals surface area contributed by atoms with E-state index in [0.29, 0.717) is 25.5 Å². The molecule has 1 aliphatic rings. The molecule has 1 saturated carbocycles. The van der Waals surface area contributed by atoms with E-state index in [2.05, 4.69) is 11.4 Å². The van der Waals surface area contributed by atoms with Crippen LogP contribution in [0.4, 0.5) is 0 Å². The maximum absolute atomic E-state index is 12.0. The minimum atomic E-state index is 0.184. The van der Waals surface area contributed by atoms with Gasteiger partial charge in [0, 0.05) is 20.1 Å². The van der Waals surface area contributed by atoms with E-state index in [1.54, 1.807) is 7.11 Å². The average molecular weight is 275 g/mol. The summed E-state index contributed by atoms with van der Waals surface area (Å²) in [7, 11) is 1.69. The van der Waals surface area contributed by atoms with Crippen LogP contribution >= 0.6 is 0 Å². The van der Waals surface area contributed by atoms with E-state index in [9.17, 15) is 4.79 Å². The first-order valence-corrected chi connectivity index (χ1v) is 7.62. The quantitative estimate of drug-likeness (QED) is 0.864. The fraction of sp³-hybridized carbons (Fsp3) is 0.588. The first-order chi connectivity index (χ1) is 9.79. The van der Waals surface area contributed by atoms with Crippen LogP contribution in [0.5, 0.6) is 0 Å². The van der Waals surface area contributed by atoms with Gasteiger partial charge in [0.1, 0.15) is 0 Å². The van der Waals surface area contributed by atoms with E-state index in [-0.39, 0.29) is 5.91 Å². The molecule has 3 heteroatoms. The van der Waals surface area contributed by atoms with Crippen LogP contribution < -0.4 is 5.32 Å². The third-order valence-electron chi connectivity index (χ3n) is 4.09. The largest absolute Gasteiger partial charge is 0.380 e. The molecule has 0 saturated heterocycles. The van der Waals surface area contributed by atoms with Gasteiger partial charge < -0.3 is 10.1 Å². The number of ether oxygens (including phenoxy) is 1. The molecule has 2 rings (SSSR count). The monoisotopic (exact) mass is 275 g/mol. The SMILES string of the molecule is COCc1ccccc1CNC(=O)CC1CCCCC1. The molecule has 0 heterocycles. The molecule has 1 amide bonds. The summed E-state index contributed by atoms with van der Waals surface area (Å²) >= 11 is 0. The van der Waals surface area contributed by atoms with E-state index in [1.165, 1.54) is 32.1 Å². The number of hydrogen-bond acceptors (Lipinski definition) is 2. The van der Waals surface area contributed by atoms with Crippen molar-refractivity contribution in [2.24, 2.45) is 5.92 Å². The topological polar surface area (TPSA) is 38.3 Å². The number of methoxy groups -OCH3 is 1. The van der Waals surface area contributed by atoms with Gasteiger partial charge in [0.15, 0.2) is 0 Å². The van der Waals surface area contributed by atoms with Gasteiger partial charge in [-0.25, -0.2) is 0 Å². The van der Waals surface area contributed by atoms with E-state index in [4.69, 9.17) is 4.74 Å². The minimum absolute atomic E-state index is 0.184. The van der Waals surface area contributed by atoms with Crippen molar-refractivity contribution in [1.82, 2.24) is 5.32 Å². The fourth-order valence-corrected chi connectivity index (χ4v) is 2.95. The molecule has 0 spiro atoms. The van der Waals surface area contributed by atoms with Crippen LogP contribution in [0.15, 0.2) is 24.3 Å². The molecular weight excluding hydrogens is 250 g/mol. The zero-order valence-corrected chi connectivity index (χ0v) is 12.4. The Labute approximate surface area is 121 Å². The van der Waals surface area contributed by atoms with Crippen LogP contribution in [0.3, 0.4) is 0 Å². The number of amides is 1. The average Bonchev–Trinajstić information content (AvgIpc) is 2.48. The molecule has 0 aromatic heterocycles. The lowest BCUT2D eigenvalue weighted by atomic mass is 9.87. The standard InChI is InChI=1S/C17H25NO2/c1-20-13-16-10-6-5-9-15(16)12-18-17(19)11-14-7-3-2-4-8-14/h5-6,9-10,14H,2-4,7-8,11-13H2,1H3,(H,18,19). The third-order valence-corrected chi connectivity index (χ3v) is 4.09. The highest BCUT2D eigenvalue weighted by atomic mass is 16.5. The van der Waals surface area contributed by atoms with Gasteiger partial charge in [-0.15, -0.1) is 0 Å². The summed E-state index contributed by atoms with van der Waals surface area (Å²) in [6.07, 6.45) is 7.03. The zero-order valence-electron chi connectivity index (χ0n) is 12.4. The van der Waals surface area contributed by atoms with Crippen LogP contribution in [0, 0.1) is 5.92 Å². The summed E-state index contributed by atoms with van der Waals surface area (Å²) in [5, 5.41) is 3.05. The molecule has 110 valence electrons. The van der Waals surface area contributed by atoms with Crippen LogP contribution in [-0.2, 0) is 22.7 Å². The predicted molar refractivity (Wildman–Crippen MR) is 80.2 cm³/mol. The van der Waals surface area contributed by atoms with Crippen LogP contribution in [0.25, 0.3) is 0 Å². The van der Waals surface area contributed by atoms with Gasteiger partial charge in [0.25, 0.3) is 0 Å². The Morgan fingerprint density at radius 1 is 1.20 bits per heavy atom. The van der Waals surface area contributed by atoms with E-state index >= 15 is 0 Å². The summed E-state index contributed by atoms with van der Waals surface area (Å²) < 4.78 is 5.18. The smallest absolute Gasteiger partial charge is 0.220 e. The second kappa shape index (κ2) is 8.05. The highest BCUT2D eigenvalue weighted by molar-refractivity contribution is 5.76. The second-order valence-corrected chi connectivity index (χ2v) is 5.69. The Kier molecular flexibility index (Phi) is 6.06. The summed E-state index contributed by atoms with van der Waals surface area (Å²) in [4.78, 5) is 12.0. The Morgan fingerprint density at radius 2 is 1.90 bits per heavy atom. The Balaban J connectivity index is 1.80. The van der Waals surface area contributed by atoms with Crippen molar-refractivity contribution in [2.45, 2.75) is 51.7 Å². The molecule has 1 aliphatic carbocycles. The molecule has 3 nitrogen and oxygen atoms in total. The Hall–Kier alpha value is -1.35. The van der Waals surface area contributed by atoms with Crippen molar-refractivity contribution in [2.75, 3.05) is 7.11 Å². The number of hydrogen-bond donors (Lipinski definition) is 1. The minimum Gasteiger partial charge on any atom is -0.380 e. The number of nitrogens with one attached hydrogen (secondary N) is 1. The second-order valence-electron chi connectivity index (χ2n) is 5.69. The van der Waals surface area contributed by atoms with Gasteiger partial charge in [0.2, 0.25) is 5.91 Å². The third kappa shape index (κ3) is 4.64. The normalized spacial score (nSPS) is 16.1. The lowest BCUT2D eigenvalue weighted by Gasteiger charge is -2.21. The van der Waals surface area contributed by atoms with Gasteiger partial charge in [-0.05, 0) is 29.9 Å². The van der Waals surface area contributed by atoms with E-state index < -0.39 is 0 Å². The maximum atomic E-state index is 12.0. The van der Waals surface area contributed by atoms with Gasteiger partial charge in [0.05, 0.1) is 6.61 Å². The maximum Gasteiger partial charge on any atom is 0.220 e. The Morgan fingerprint density at radius 3 is 2.60 bits per heavy atom. The van der Waals surface area contributed by atoms with Gasteiger partial charge in [-0.3, -0.25) is 4.79 Å². The summed E-state index contributed by atoms with van der Waals surface area (Å²) in [6, 6.07) is 8.10. The first-order valence-electron chi connectivity index (χ1n) is 7.62.